The lowest BCUT2D eigenvalue weighted by atomic mass is 10.1. The fourth-order valence-electron chi connectivity index (χ4n) is 3.55. The van der Waals surface area contributed by atoms with E-state index in [-0.39, 0.29) is 5.96 Å². The average Bonchev–Trinajstić information content (AvgIpc) is 3.30. The molecule has 3 aromatic carbocycles. The Hall–Kier alpha value is -4.05. The van der Waals surface area contributed by atoms with Crippen LogP contribution in [0.25, 0.3) is 22.5 Å². The van der Waals surface area contributed by atoms with Crippen LogP contribution in [0.4, 0.5) is 0 Å². The van der Waals surface area contributed by atoms with E-state index in [0.29, 0.717) is 22.2 Å². The summed E-state index contributed by atoms with van der Waals surface area (Å²) in [7, 11) is 1.63. The first-order chi connectivity index (χ1) is 17.4. The highest BCUT2D eigenvalue weighted by Crippen LogP contribution is 2.32. The van der Waals surface area contributed by atoms with Crippen LogP contribution in [0.5, 0.6) is 5.75 Å². The molecule has 0 spiro atoms. The molecule has 0 unspecified atom stereocenters. The molecule has 0 saturated carbocycles. The van der Waals surface area contributed by atoms with Crippen molar-refractivity contribution in [2.45, 2.75) is 6.54 Å². The second kappa shape index (κ2) is 11.1. The number of methoxy groups -OCH3 is 1. The van der Waals surface area contributed by atoms with Crippen molar-refractivity contribution in [1.29, 1.82) is 0 Å². The topological polar surface area (TPSA) is 133 Å². The Balaban J connectivity index is 1.65. The van der Waals surface area contributed by atoms with Crippen LogP contribution in [-0.4, -0.2) is 28.8 Å². The van der Waals surface area contributed by atoms with Gasteiger partial charge in [0.1, 0.15) is 5.75 Å². The molecule has 11 heteroatoms. The Labute approximate surface area is 217 Å². The van der Waals surface area contributed by atoms with Crippen LogP contribution in [0.15, 0.2) is 77.9 Å². The van der Waals surface area contributed by atoms with Gasteiger partial charge in [-0.15, -0.1) is 5.10 Å². The summed E-state index contributed by atoms with van der Waals surface area (Å²) in [6, 6.07) is 22.2. The van der Waals surface area contributed by atoms with Crippen LogP contribution in [0.2, 0.25) is 10.0 Å². The average molecular weight is 524 g/mol. The Morgan fingerprint density at radius 3 is 2.33 bits per heavy atom. The molecule has 4 rings (SSSR count). The first-order valence-electron chi connectivity index (χ1n) is 10.7. The standard InChI is InChI=1S/C25H23Cl2N7O2/c1-36-19-9-6-16(7-10-19)22-13-23(18-8-11-20(26)21(27)12-18)34(32-22)14-15-2-4-17(5-3-15)24(35)30-25(28)31-33-29/h2-13,33H,14,29H2,1H3,(H3,28,30,31,35). The number of halogens is 2. The Bertz CT molecular complexity index is 1400. The number of hydrazone groups is 1. The zero-order valence-electron chi connectivity index (χ0n) is 19.2. The third-order valence-corrected chi connectivity index (χ3v) is 6.10. The quantitative estimate of drug-likeness (QED) is 0.125. The van der Waals surface area contributed by atoms with Crippen LogP contribution in [0.3, 0.4) is 0 Å². The fourth-order valence-corrected chi connectivity index (χ4v) is 3.85. The lowest BCUT2D eigenvalue weighted by molar-refractivity contribution is 0.0976. The fraction of sp³-hybridized carbons (Fsp3) is 0.0800. The number of amides is 1. The van der Waals surface area contributed by atoms with Gasteiger partial charge in [-0.3, -0.25) is 14.8 Å². The van der Waals surface area contributed by atoms with Crippen molar-refractivity contribution >= 4 is 35.1 Å². The molecule has 6 N–H and O–H groups in total. The summed E-state index contributed by atoms with van der Waals surface area (Å²) < 4.78 is 7.14. The van der Waals surface area contributed by atoms with E-state index in [4.69, 9.17) is 44.6 Å². The van der Waals surface area contributed by atoms with Crippen molar-refractivity contribution in [3.8, 4) is 28.3 Å². The van der Waals surface area contributed by atoms with Gasteiger partial charge in [0.25, 0.3) is 5.91 Å². The second-order valence-electron chi connectivity index (χ2n) is 7.71. The van der Waals surface area contributed by atoms with Gasteiger partial charge >= 0.3 is 0 Å². The molecule has 0 fully saturated rings. The summed E-state index contributed by atoms with van der Waals surface area (Å²) in [5, 5.41) is 11.7. The number of aromatic nitrogens is 2. The molecule has 0 radical (unpaired) electrons. The van der Waals surface area contributed by atoms with Crippen molar-refractivity contribution in [2.75, 3.05) is 7.11 Å². The smallest absolute Gasteiger partial charge is 0.257 e. The molecule has 0 saturated heterocycles. The SMILES string of the molecule is COc1ccc(-c2cc(-c3ccc(Cl)c(Cl)c3)n(Cc3ccc(C(=O)N/C(N)=N/NN)cc3)n2)cc1. The van der Waals surface area contributed by atoms with Gasteiger partial charge < -0.3 is 10.5 Å². The van der Waals surface area contributed by atoms with E-state index in [2.05, 4.69) is 10.4 Å². The lowest BCUT2D eigenvalue weighted by Crippen LogP contribution is -2.39. The van der Waals surface area contributed by atoms with Gasteiger partial charge in [-0.25, -0.2) is 11.4 Å². The number of nitrogens with two attached hydrogens (primary N) is 2. The van der Waals surface area contributed by atoms with Gasteiger partial charge in [-0.1, -0.05) is 41.4 Å². The summed E-state index contributed by atoms with van der Waals surface area (Å²) in [6.07, 6.45) is 0. The summed E-state index contributed by atoms with van der Waals surface area (Å²) in [4.78, 5) is 12.3. The van der Waals surface area contributed by atoms with E-state index >= 15 is 0 Å². The summed E-state index contributed by atoms with van der Waals surface area (Å²) in [6.45, 7) is 0.453. The van der Waals surface area contributed by atoms with Gasteiger partial charge in [0.05, 0.1) is 35.1 Å². The van der Waals surface area contributed by atoms with E-state index in [9.17, 15) is 4.79 Å². The zero-order valence-corrected chi connectivity index (χ0v) is 20.7. The number of carbonyl (C=O) groups is 1. The van der Waals surface area contributed by atoms with E-state index in [0.717, 1.165) is 33.8 Å². The highest BCUT2D eigenvalue weighted by atomic mass is 35.5. The molecule has 1 amide bonds. The minimum Gasteiger partial charge on any atom is -0.497 e. The minimum atomic E-state index is -0.407. The summed E-state index contributed by atoms with van der Waals surface area (Å²) in [5.74, 6) is 5.28. The van der Waals surface area contributed by atoms with Gasteiger partial charge in [0, 0.05) is 16.7 Å². The molecular weight excluding hydrogens is 501 g/mol. The highest BCUT2D eigenvalue weighted by Gasteiger charge is 2.14. The number of hydrogen-bond donors (Lipinski definition) is 4. The third-order valence-electron chi connectivity index (χ3n) is 5.36. The normalized spacial score (nSPS) is 11.3. The number of hydrogen-bond acceptors (Lipinski definition) is 6. The first kappa shape index (κ1) is 25.1. The largest absolute Gasteiger partial charge is 0.497 e. The molecule has 1 aromatic heterocycles. The van der Waals surface area contributed by atoms with Gasteiger partial charge in [-0.2, -0.15) is 5.10 Å². The molecule has 0 bridgehead atoms. The Morgan fingerprint density at radius 2 is 1.69 bits per heavy atom. The number of carbonyl (C=O) groups excluding carboxylic acids is 1. The maximum absolute atomic E-state index is 12.3. The molecule has 1 heterocycles. The third kappa shape index (κ3) is 5.77. The Kier molecular flexibility index (Phi) is 7.74. The molecule has 184 valence electrons. The molecule has 9 nitrogen and oxygen atoms in total. The molecule has 36 heavy (non-hydrogen) atoms. The number of ether oxygens (including phenoxy) is 1. The van der Waals surface area contributed by atoms with Crippen LogP contribution < -0.4 is 27.2 Å². The van der Waals surface area contributed by atoms with E-state index in [1.807, 2.05) is 64.8 Å². The zero-order chi connectivity index (χ0) is 25.7. The van der Waals surface area contributed by atoms with Crippen molar-refractivity contribution in [3.05, 3.63) is 94.0 Å². The Morgan fingerprint density at radius 1 is 1.00 bits per heavy atom. The lowest BCUT2D eigenvalue weighted by Gasteiger charge is -2.10. The van der Waals surface area contributed by atoms with Crippen LogP contribution in [0, 0.1) is 0 Å². The molecular formula is C25H23Cl2N7O2. The van der Waals surface area contributed by atoms with Crippen LogP contribution in [-0.2, 0) is 6.54 Å². The van der Waals surface area contributed by atoms with E-state index in [1.165, 1.54) is 0 Å². The number of nitrogens with one attached hydrogen (secondary N) is 2. The monoisotopic (exact) mass is 523 g/mol. The predicted octanol–water partition coefficient (Wildman–Crippen LogP) is 4.00. The van der Waals surface area contributed by atoms with Gasteiger partial charge in [0.2, 0.25) is 5.96 Å². The number of benzene rings is 3. The maximum atomic E-state index is 12.3. The molecule has 0 aliphatic carbocycles. The van der Waals surface area contributed by atoms with Crippen molar-refractivity contribution in [1.82, 2.24) is 20.6 Å². The first-order valence-corrected chi connectivity index (χ1v) is 11.5. The predicted molar refractivity (Wildman–Crippen MR) is 142 cm³/mol. The van der Waals surface area contributed by atoms with E-state index in [1.54, 1.807) is 25.3 Å². The van der Waals surface area contributed by atoms with E-state index < -0.39 is 5.91 Å². The van der Waals surface area contributed by atoms with Crippen molar-refractivity contribution in [3.63, 3.8) is 0 Å². The minimum absolute atomic E-state index is 0.138. The number of rotatable bonds is 7. The van der Waals surface area contributed by atoms with Crippen molar-refractivity contribution < 1.29 is 9.53 Å². The van der Waals surface area contributed by atoms with Crippen molar-refractivity contribution in [2.24, 2.45) is 16.7 Å². The summed E-state index contributed by atoms with van der Waals surface area (Å²) >= 11 is 12.4. The number of nitrogens with zero attached hydrogens (tertiary/aromatic N) is 3. The highest BCUT2D eigenvalue weighted by molar-refractivity contribution is 6.42. The number of hydrazine groups is 1. The molecule has 0 atom stereocenters. The van der Waals surface area contributed by atoms with Crippen LogP contribution in [0.1, 0.15) is 15.9 Å². The number of guanidine groups is 1. The van der Waals surface area contributed by atoms with Gasteiger partial charge in [-0.05, 0) is 60.2 Å². The molecule has 4 aromatic rings. The summed E-state index contributed by atoms with van der Waals surface area (Å²) in [5.41, 5.74) is 12.4. The second-order valence-corrected chi connectivity index (χ2v) is 8.52. The molecule has 0 aliphatic heterocycles. The van der Waals surface area contributed by atoms with Crippen LogP contribution >= 0.6 is 23.2 Å². The molecule has 0 aliphatic rings. The van der Waals surface area contributed by atoms with Gasteiger partial charge in [0.15, 0.2) is 0 Å². The maximum Gasteiger partial charge on any atom is 0.257 e.